The first-order chi connectivity index (χ1) is 9.04. The molecule has 2 amide bonds. The van der Waals surface area contributed by atoms with Crippen LogP contribution in [0.3, 0.4) is 0 Å². The van der Waals surface area contributed by atoms with E-state index < -0.39 is 0 Å². The van der Waals surface area contributed by atoms with Gasteiger partial charge in [0.1, 0.15) is 0 Å². The Balaban J connectivity index is 1.84. The van der Waals surface area contributed by atoms with E-state index in [1.54, 1.807) is 6.92 Å². The van der Waals surface area contributed by atoms with Crippen LogP contribution in [-0.4, -0.2) is 52.8 Å². The smallest absolute Gasteiger partial charge is 0.223 e. The largest absolute Gasteiger partial charge is 0.340 e. The van der Waals surface area contributed by atoms with Gasteiger partial charge in [-0.15, -0.1) is 11.3 Å². The molecule has 2 heterocycles. The van der Waals surface area contributed by atoms with Crippen molar-refractivity contribution in [3.8, 4) is 0 Å². The number of nitrogens with one attached hydrogen (secondary N) is 1. The summed E-state index contributed by atoms with van der Waals surface area (Å²) in [5.74, 6) is 0.0391. The Morgan fingerprint density at radius 2 is 2.00 bits per heavy atom. The minimum Gasteiger partial charge on any atom is -0.340 e. The van der Waals surface area contributed by atoms with Crippen molar-refractivity contribution in [3.63, 3.8) is 0 Å². The van der Waals surface area contributed by atoms with E-state index in [9.17, 15) is 9.59 Å². The maximum Gasteiger partial charge on any atom is 0.223 e. The molecule has 1 aliphatic rings. The highest BCUT2D eigenvalue weighted by Gasteiger charge is 2.19. The van der Waals surface area contributed by atoms with Gasteiger partial charge in [0.05, 0.1) is 5.69 Å². The molecule has 0 aromatic carbocycles. The zero-order valence-electron chi connectivity index (χ0n) is 11.2. The first-order valence-electron chi connectivity index (χ1n) is 6.24. The second kappa shape index (κ2) is 6.12. The van der Waals surface area contributed by atoms with Crippen LogP contribution in [0.4, 0.5) is 5.13 Å². The van der Waals surface area contributed by atoms with E-state index in [0.29, 0.717) is 5.13 Å². The van der Waals surface area contributed by atoms with Crippen molar-refractivity contribution < 1.29 is 9.59 Å². The Morgan fingerprint density at radius 1 is 1.32 bits per heavy atom. The average molecular weight is 282 g/mol. The SMILES string of the molecule is CC(=O)Nc1nc(CN2CCN(C(C)=O)CC2)cs1. The number of nitrogens with zero attached hydrogens (tertiary/aromatic N) is 3. The highest BCUT2D eigenvalue weighted by atomic mass is 32.1. The Kier molecular flexibility index (Phi) is 4.49. The van der Waals surface area contributed by atoms with Gasteiger partial charge >= 0.3 is 0 Å². The van der Waals surface area contributed by atoms with Crippen molar-refractivity contribution >= 4 is 28.3 Å². The normalized spacial score (nSPS) is 16.4. The van der Waals surface area contributed by atoms with Crippen molar-refractivity contribution in [1.29, 1.82) is 0 Å². The summed E-state index contributed by atoms with van der Waals surface area (Å²) in [6.45, 7) is 7.13. The summed E-state index contributed by atoms with van der Waals surface area (Å²) in [4.78, 5) is 30.6. The molecule has 0 bridgehead atoms. The third-order valence-electron chi connectivity index (χ3n) is 3.04. The molecule has 0 spiro atoms. The lowest BCUT2D eigenvalue weighted by Gasteiger charge is -2.33. The number of anilines is 1. The van der Waals surface area contributed by atoms with Crippen molar-refractivity contribution in [1.82, 2.24) is 14.8 Å². The Bertz CT molecular complexity index is 466. The van der Waals surface area contributed by atoms with Gasteiger partial charge in [-0.2, -0.15) is 0 Å². The van der Waals surface area contributed by atoms with Gasteiger partial charge in [0, 0.05) is 52.0 Å². The van der Waals surface area contributed by atoms with E-state index in [1.807, 2.05) is 10.3 Å². The summed E-state index contributed by atoms with van der Waals surface area (Å²) in [5, 5.41) is 5.29. The van der Waals surface area contributed by atoms with Crippen LogP contribution in [0.1, 0.15) is 19.5 Å². The molecule has 6 nitrogen and oxygen atoms in total. The molecule has 0 saturated carbocycles. The number of hydrogen-bond donors (Lipinski definition) is 1. The highest BCUT2D eigenvalue weighted by Crippen LogP contribution is 2.17. The molecule has 104 valence electrons. The Labute approximate surface area is 116 Å². The van der Waals surface area contributed by atoms with Gasteiger partial charge in [-0.1, -0.05) is 0 Å². The standard InChI is InChI=1S/C12H18N4O2S/c1-9(17)13-12-14-11(8-19-12)7-15-3-5-16(6-4-15)10(2)18/h8H,3-7H2,1-2H3,(H,13,14,17). The minimum absolute atomic E-state index is 0.101. The zero-order valence-corrected chi connectivity index (χ0v) is 12.0. The minimum atomic E-state index is -0.101. The van der Waals surface area contributed by atoms with Gasteiger partial charge < -0.3 is 10.2 Å². The van der Waals surface area contributed by atoms with Crippen molar-refractivity contribution in [3.05, 3.63) is 11.1 Å². The van der Waals surface area contributed by atoms with E-state index >= 15 is 0 Å². The average Bonchev–Trinajstić information content (AvgIpc) is 2.76. The molecule has 7 heteroatoms. The van der Waals surface area contributed by atoms with Gasteiger partial charge in [0.25, 0.3) is 0 Å². The van der Waals surface area contributed by atoms with Crippen molar-refractivity contribution in [2.75, 3.05) is 31.5 Å². The lowest BCUT2D eigenvalue weighted by molar-refractivity contribution is -0.130. The number of hydrogen-bond acceptors (Lipinski definition) is 5. The van der Waals surface area contributed by atoms with Crippen molar-refractivity contribution in [2.45, 2.75) is 20.4 Å². The zero-order chi connectivity index (χ0) is 13.8. The number of carbonyl (C=O) groups excluding carboxylic acids is 2. The first kappa shape index (κ1) is 14.0. The van der Waals surface area contributed by atoms with Crippen LogP contribution in [0.15, 0.2) is 5.38 Å². The van der Waals surface area contributed by atoms with Crippen molar-refractivity contribution in [2.24, 2.45) is 0 Å². The van der Waals surface area contributed by atoms with Gasteiger partial charge in [-0.05, 0) is 0 Å². The number of rotatable bonds is 3. The van der Waals surface area contributed by atoms with Crippen LogP contribution in [0.2, 0.25) is 0 Å². The van der Waals surface area contributed by atoms with E-state index in [2.05, 4.69) is 15.2 Å². The molecule has 1 fully saturated rings. The fourth-order valence-electron chi connectivity index (χ4n) is 2.04. The summed E-state index contributed by atoms with van der Waals surface area (Å²) < 4.78 is 0. The maximum atomic E-state index is 11.2. The molecular weight excluding hydrogens is 264 g/mol. The predicted octanol–water partition coefficient (Wildman–Crippen LogP) is 0.766. The fourth-order valence-corrected chi connectivity index (χ4v) is 2.79. The topological polar surface area (TPSA) is 65.5 Å². The van der Waals surface area contributed by atoms with E-state index in [0.717, 1.165) is 38.4 Å². The number of carbonyl (C=O) groups is 2. The quantitative estimate of drug-likeness (QED) is 0.889. The molecular formula is C12H18N4O2S. The van der Waals surface area contributed by atoms with Crippen LogP contribution >= 0.6 is 11.3 Å². The first-order valence-corrected chi connectivity index (χ1v) is 7.12. The van der Waals surface area contributed by atoms with Gasteiger partial charge in [-0.3, -0.25) is 14.5 Å². The monoisotopic (exact) mass is 282 g/mol. The van der Waals surface area contributed by atoms with E-state index in [1.165, 1.54) is 18.3 Å². The van der Waals surface area contributed by atoms with Gasteiger partial charge in [0.2, 0.25) is 11.8 Å². The second-order valence-electron chi connectivity index (χ2n) is 4.61. The Hall–Kier alpha value is -1.47. The molecule has 1 aromatic rings. The summed E-state index contributed by atoms with van der Waals surface area (Å²) in [7, 11) is 0. The predicted molar refractivity (Wildman–Crippen MR) is 73.9 cm³/mol. The van der Waals surface area contributed by atoms with Crippen LogP contribution in [0.25, 0.3) is 0 Å². The van der Waals surface area contributed by atoms with E-state index in [4.69, 9.17) is 0 Å². The summed E-state index contributed by atoms with van der Waals surface area (Å²) in [5.41, 5.74) is 0.963. The molecule has 0 atom stereocenters. The molecule has 1 aliphatic heterocycles. The van der Waals surface area contributed by atoms with E-state index in [-0.39, 0.29) is 11.8 Å². The maximum absolute atomic E-state index is 11.2. The molecule has 0 unspecified atom stereocenters. The summed E-state index contributed by atoms with van der Waals surface area (Å²) >= 11 is 1.44. The second-order valence-corrected chi connectivity index (χ2v) is 5.47. The molecule has 1 N–H and O–H groups in total. The number of piperazine rings is 1. The Morgan fingerprint density at radius 3 is 2.58 bits per heavy atom. The molecule has 2 rings (SSSR count). The van der Waals surface area contributed by atoms with Gasteiger partial charge in [-0.25, -0.2) is 4.98 Å². The molecule has 0 radical (unpaired) electrons. The third-order valence-corrected chi connectivity index (χ3v) is 3.84. The van der Waals surface area contributed by atoms with Crippen LogP contribution in [0, 0.1) is 0 Å². The van der Waals surface area contributed by atoms with Gasteiger partial charge in [0.15, 0.2) is 5.13 Å². The highest BCUT2D eigenvalue weighted by molar-refractivity contribution is 7.13. The summed E-state index contributed by atoms with van der Waals surface area (Å²) in [6.07, 6.45) is 0. The lowest BCUT2D eigenvalue weighted by atomic mass is 10.3. The van der Waals surface area contributed by atoms with Crippen LogP contribution in [-0.2, 0) is 16.1 Å². The fraction of sp³-hybridized carbons (Fsp3) is 0.583. The third kappa shape index (κ3) is 4.00. The van der Waals surface area contributed by atoms with Crippen LogP contribution in [0.5, 0.6) is 0 Å². The summed E-state index contributed by atoms with van der Waals surface area (Å²) in [6, 6.07) is 0. The number of thiazole rings is 1. The number of amides is 2. The van der Waals surface area contributed by atoms with Crippen LogP contribution < -0.4 is 5.32 Å². The molecule has 1 aromatic heterocycles. The molecule has 0 aliphatic carbocycles. The number of aromatic nitrogens is 1. The molecule has 1 saturated heterocycles. The lowest BCUT2D eigenvalue weighted by Crippen LogP contribution is -2.47. The molecule has 19 heavy (non-hydrogen) atoms.